The van der Waals surface area contributed by atoms with E-state index in [0.29, 0.717) is 25.4 Å². The number of likely N-dealkylation sites (tertiary alicyclic amines) is 1. The van der Waals surface area contributed by atoms with Gasteiger partial charge >= 0.3 is 0 Å². The summed E-state index contributed by atoms with van der Waals surface area (Å²) in [6.45, 7) is 1.12. The molecule has 2 rings (SSSR count). The zero-order chi connectivity index (χ0) is 9.26. The summed E-state index contributed by atoms with van der Waals surface area (Å²) in [4.78, 5) is 13.3. The van der Waals surface area contributed by atoms with Gasteiger partial charge in [-0.2, -0.15) is 0 Å². The molecule has 1 saturated carbocycles. The molecular weight excluding hydrogens is 166 g/mol. The van der Waals surface area contributed by atoms with Gasteiger partial charge in [0.25, 0.3) is 0 Å². The van der Waals surface area contributed by atoms with Gasteiger partial charge in [0.1, 0.15) is 0 Å². The predicted octanol–water partition coefficient (Wildman–Crippen LogP) is 0.770. The van der Waals surface area contributed by atoms with Crippen molar-refractivity contribution in [2.24, 2.45) is 5.92 Å². The van der Waals surface area contributed by atoms with E-state index in [1.54, 1.807) is 4.90 Å². The van der Waals surface area contributed by atoms with E-state index in [1.807, 2.05) is 0 Å². The van der Waals surface area contributed by atoms with Crippen LogP contribution in [-0.4, -0.2) is 35.1 Å². The lowest BCUT2D eigenvalue weighted by Gasteiger charge is -2.36. The first-order chi connectivity index (χ1) is 6.25. The lowest BCUT2D eigenvalue weighted by molar-refractivity contribution is -0.142. The number of aliphatic hydroxyl groups is 1. The van der Waals surface area contributed by atoms with Crippen LogP contribution in [0.2, 0.25) is 0 Å². The normalized spacial score (nSPS) is 24.8. The van der Waals surface area contributed by atoms with Crippen LogP contribution < -0.4 is 0 Å². The quantitative estimate of drug-likeness (QED) is 0.687. The average Bonchev–Trinajstić information content (AvgIpc) is 2.51. The van der Waals surface area contributed by atoms with Crippen molar-refractivity contribution < 1.29 is 9.90 Å². The molecule has 74 valence electrons. The predicted molar refractivity (Wildman–Crippen MR) is 49.2 cm³/mol. The molecule has 0 aromatic rings. The summed E-state index contributed by atoms with van der Waals surface area (Å²) < 4.78 is 0. The van der Waals surface area contributed by atoms with E-state index in [-0.39, 0.29) is 12.0 Å². The van der Waals surface area contributed by atoms with Gasteiger partial charge in [-0.15, -0.1) is 0 Å². The third kappa shape index (κ3) is 2.02. The molecule has 1 aliphatic heterocycles. The molecule has 1 N–H and O–H groups in total. The largest absolute Gasteiger partial charge is 0.389 e. The van der Waals surface area contributed by atoms with Gasteiger partial charge in [0, 0.05) is 19.5 Å². The highest BCUT2D eigenvalue weighted by Gasteiger charge is 2.30. The number of hydrogen-bond donors (Lipinski definition) is 1. The van der Waals surface area contributed by atoms with Gasteiger partial charge in [0.15, 0.2) is 0 Å². The maximum atomic E-state index is 11.5. The second kappa shape index (κ2) is 3.66. The van der Waals surface area contributed by atoms with E-state index >= 15 is 0 Å². The molecule has 1 aliphatic carbocycles. The third-order valence-electron chi connectivity index (χ3n) is 3.15. The van der Waals surface area contributed by atoms with Gasteiger partial charge < -0.3 is 10.0 Å². The van der Waals surface area contributed by atoms with Crippen LogP contribution in [0.3, 0.4) is 0 Å². The van der Waals surface area contributed by atoms with E-state index in [0.717, 1.165) is 0 Å². The van der Waals surface area contributed by atoms with Crippen molar-refractivity contribution >= 4 is 5.91 Å². The monoisotopic (exact) mass is 183 g/mol. The van der Waals surface area contributed by atoms with E-state index in [4.69, 9.17) is 5.11 Å². The molecular formula is C10H17NO2. The minimum Gasteiger partial charge on any atom is -0.389 e. The van der Waals surface area contributed by atoms with Crippen molar-refractivity contribution in [1.29, 1.82) is 0 Å². The van der Waals surface area contributed by atoms with Gasteiger partial charge in [-0.05, 0) is 18.8 Å². The van der Waals surface area contributed by atoms with E-state index < -0.39 is 0 Å². The third-order valence-corrected chi connectivity index (χ3v) is 3.15. The summed E-state index contributed by atoms with van der Waals surface area (Å²) in [6, 6.07) is 0. The Morgan fingerprint density at radius 3 is 2.46 bits per heavy atom. The van der Waals surface area contributed by atoms with Crippen LogP contribution in [0.4, 0.5) is 0 Å². The van der Waals surface area contributed by atoms with Crippen LogP contribution >= 0.6 is 0 Å². The van der Waals surface area contributed by atoms with Crippen molar-refractivity contribution in [2.75, 3.05) is 13.1 Å². The number of carbonyl (C=O) groups excluding carboxylic acids is 1. The number of β-amino-alcohol motifs (C(OH)–C–C–N with tert-alkyl or cyclic N) is 1. The fraction of sp³-hybridized carbons (Fsp3) is 0.900. The van der Waals surface area contributed by atoms with Crippen molar-refractivity contribution in [3.63, 3.8) is 0 Å². The summed E-state index contributed by atoms with van der Waals surface area (Å²) in [5.74, 6) is 0.877. The van der Waals surface area contributed by atoms with Gasteiger partial charge in [-0.25, -0.2) is 0 Å². The summed E-state index contributed by atoms with van der Waals surface area (Å²) in [6.07, 6.45) is 5.49. The average molecular weight is 183 g/mol. The Balaban J connectivity index is 1.72. The fourth-order valence-electron chi connectivity index (χ4n) is 2.25. The molecule has 3 heteroatoms. The standard InChI is InChI=1S/C10H17NO2/c12-9-6-11(7-9)10(13)5-8-3-1-2-4-8/h8-9,12H,1-7H2. The number of hydrogen-bond acceptors (Lipinski definition) is 2. The van der Waals surface area contributed by atoms with Gasteiger partial charge in [-0.1, -0.05) is 12.8 Å². The molecule has 13 heavy (non-hydrogen) atoms. The lowest BCUT2D eigenvalue weighted by Crippen LogP contribution is -2.53. The molecule has 0 bridgehead atoms. The highest BCUT2D eigenvalue weighted by atomic mass is 16.3. The Bertz CT molecular complexity index is 193. The Hall–Kier alpha value is -0.570. The van der Waals surface area contributed by atoms with Crippen LogP contribution in [0.1, 0.15) is 32.1 Å². The molecule has 0 spiro atoms. The molecule has 1 amide bonds. The molecule has 0 radical (unpaired) electrons. The minimum atomic E-state index is -0.257. The van der Waals surface area contributed by atoms with Crippen molar-refractivity contribution in [1.82, 2.24) is 4.90 Å². The zero-order valence-corrected chi connectivity index (χ0v) is 7.91. The lowest BCUT2D eigenvalue weighted by atomic mass is 10.0. The number of nitrogens with zero attached hydrogens (tertiary/aromatic N) is 1. The number of aliphatic hydroxyl groups excluding tert-OH is 1. The molecule has 0 atom stereocenters. The highest BCUT2D eigenvalue weighted by Crippen LogP contribution is 2.28. The maximum Gasteiger partial charge on any atom is 0.223 e. The summed E-state index contributed by atoms with van der Waals surface area (Å²) in [5.41, 5.74) is 0. The number of carbonyl (C=O) groups is 1. The van der Waals surface area contributed by atoms with Crippen molar-refractivity contribution in [3.05, 3.63) is 0 Å². The molecule has 3 nitrogen and oxygen atoms in total. The Kier molecular flexibility index (Phi) is 2.54. The number of rotatable bonds is 2. The first-order valence-electron chi connectivity index (χ1n) is 5.21. The Morgan fingerprint density at radius 1 is 1.31 bits per heavy atom. The topological polar surface area (TPSA) is 40.5 Å². The van der Waals surface area contributed by atoms with Crippen LogP contribution in [0, 0.1) is 5.92 Å². The van der Waals surface area contributed by atoms with Gasteiger partial charge in [0.2, 0.25) is 5.91 Å². The van der Waals surface area contributed by atoms with E-state index in [1.165, 1.54) is 25.7 Å². The van der Waals surface area contributed by atoms with Crippen LogP contribution in [0.25, 0.3) is 0 Å². The van der Waals surface area contributed by atoms with Crippen molar-refractivity contribution in [2.45, 2.75) is 38.2 Å². The van der Waals surface area contributed by atoms with Crippen LogP contribution in [0.15, 0.2) is 0 Å². The Labute approximate surface area is 78.7 Å². The van der Waals surface area contributed by atoms with Crippen molar-refractivity contribution in [3.8, 4) is 0 Å². The zero-order valence-electron chi connectivity index (χ0n) is 7.91. The highest BCUT2D eigenvalue weighted by molar-refractivity contribution is 5.77. The van der Waals surface area contributed by atoms with E-state index in [9.17, 15) is 4.79 Å². The minimum absolute atomic E-state index is 0.247. The first kappa shape index (κ1) is 9.00. The maximum absolute atomic E-state index is 11.5. The summed E-state index contributed by atoms with van der Waals surface area (Å²) >= 11 is 0. The smallest absolute Gasteiger partial charge is 0.223 e. The number of amides is 1. The molecule has 0 aromatic carbocycles. The molecule has 1 heterocycles. The van der Waals surface area contributed by atoms with Crippen LogP contribution in [0.5, 0.6) is 0 Å². The van der Waals surface area contributed by atoms with Gasteiger partial charge in [-0.3, -0.25) is 4.79 Å². The van der Waals surface area contributed by atoms with E-state index in [2.05, 4.69) is 0 Å². The first-order valence-corrected chi connectivity index (χ1v) is 5.21. The SMILES string of the molecule is O=C(CC1CCCC1)N1CC(O)C1. The molecule has 1 saturated heterocycles. The summed E-state index contributed by atoms with van der Waals surface area (Å²) in [7, 11) is 0. The Morgan fingerprint density at radius 2 is 1.92 bits per heavy atom. The second-order valence-electron chi connectivity index (χ2n) is 4.31. The van der Waals surface area contributed by atoms with Crippen LogP contribution in [-0.2, 0) is 4.79 Å². The molecule has 2 aliphatic rings. The second-order valence-corrected chi connectivity index (χ2v) is 4.31. The molecule has 0 unspecified atom stereocenters. The summed E-state index contributed by atoms with van der Waals surface area (Å²) in [5, 5.41) is 9.03. The molecule has 0 aromatic heterocycles. The molecule has 2 fully saturated rings. The fourth-order valence-corrected chi connectivity index (χ4v) is 2.25. The van der Waals surface area contributed by atoms with Gasteiger partial charge in [0.05, 0.1) is 6.10 Å².